The van der Waals surface area contributed by atoms with Crippen LogP contribution in [0.2, 0.25) is 0 Å². The molecule has 2 fully saturated rings. The van der Waals surface area contributed by atoms with Crippen LogP contribution in [0.4, 0.5) is 11.6 Å². The van der Waals surface area contributed by atoms with Crippen LogP contribution in [0.15, 0.2) is 34.1 Å². The normalized spacial score (nSPS) is 25.7. The Kier molecular flexibility index (Phi) is 7.09. The third kappa shape index (κ3) is 5.18. The number of aromatic nitrogens is 4. The maximum absolute atomic E-state index is 11.4. The maximum Gasteiger partial charge on any atom is 0.351 e. The van der Waals surface area contributed by atoms with E-state index in [1.165, 1.54) is 33.7 Å². The van der Waals surface area contributed by atoms with Crippen molar-refractivity contribution in [2.75, 3.05) is 37.9 Å². The number of aliphatic hydroxyl groups is 2. The number of rotatable bonds is 4. The molecular formula is C16H22N6O8. The van der Waals surface area contributed by atoms with E-state index in [0.717, 1.165) is 0 Å². The molecule has 14 nitrogen and oxygen atoms in total. The van der Waals surface area contributed by atoms with E-state index in [0.29, 0.717) is 0 Å². The summed E-state index contributed by atoms with van der Waals surface area (Å²) in [5.41, 5.74) is 9.69. The molecule has 2 aliphatic rings. The SMILES string of the molecule is Nc1ccn([C@@H]2CO[C@H](CO)O2)c(=O)n1.Nc1ccn([C@@H]2CO[C@H](CO)O2)c(=O)n1. The van der Waals surface area contributed by atoms with Crippen molar-refractivity contribution in [2.45, 2.75) is 25.0 Å². The summed E-state index contributed by atoms with van der Waals surface area (Å²) in [4.78, 5) is 29.9. The van der Waals surface area contributed by atoms with Gasteiger partial charge < -0.3 is 40.6 Å². The summed E-state index contributed by atoms with van der Waals surface area (Å²) in [6.45, 7) is -0.0746. The Morgan fingerprint density at radius 2 is 1.27 bits per heavy atom. The number of nitrogens with two attached hydrogens (primary N) is 2. The molecule has 30 heavy (non-hydrogen) atoms. The Morgan fingerprint density at radius 3 is 1.57 bits per heavy atom. The van der Waals surface area contributed by atoms with Crippen LogP contribution in [0.3, 0.4) is 0 Å². The highest BCUT2D eigenvalue weighted by Gasteiger charge is 2.28. The van der Waals surface area contributed by atoms with E-state index in [1.807, 2.05) is 0 Å². The monoisotopic (exact) mass is 426 g/mol. The number of anilines is 2. The first-order chi connectivity index (χ1) is 14.4. The van der Waals surface area contributed by atoms with Gasteiger partial charge in [-0.05, 0) is 12.1 Å². The fourth-order valence-corrected chi connectivity index (χ4v) is 2.66. The first-order valence-electron chi connectivity index (χ1n) is 8.86. The molecule has 0 spiro atoms. The average Bonchev–Trinajstić information content (AvgIpc) is 3.38. The van der Waals surface area contributed by atoms with E-state index in [1.54, 1.807) is 0 Å². The molecule has 0 saturated carbocycles. The van der Waals surface area contributed by atoms with Gasteiger partial charge in [-0.1, -0.05) is 0 Å². The van der Waals surface area contributed by atoms with Crippen LogP contribution in [-0.4, -0.2) is 68.3 Å². The van der Waals surface area contributed by atoms with E-state index in [2.05, 4.69) is 9.97 Å². The lowest BCUT2D eigenvalue weighted by molar-refractivity contribution is -0.0993. The van der Waals surface area contributed by atoms with Gasteiger partial charge in [0.15, 0.2) is 25.0 Å². The number of hydrogen-bond donors (Lipinski definition) is 4. The second-order valence-corrected chi connectivity index (χ2v) is 6.16. The van der Waals surface area contributed by atoms with Crippen LogP contribution in [0.1, 0.15) is 12.5 Å². The van der Waals surface area contributed by atoms with Crippen LogP contribution < -0.4 is 22.8 Å². The molecule has 0 aromatic carbocycles. The highest BCUT2D eigenvalue weighted by molar-refractivity contribution is 5.24. The largest absolute Gasteiger partial charge is 0.391 e. The summed E-state index contributed by atoms with van der Waals surface area (Å²) in [7, 11) is 0. The van der Waals surface area contributed by atoms with Gasteiger partial charge in [-0.15, -0.1) is 0 Å². The van der Waals surface area contributed by atoms with Crippen LogP contribution in [-0.2, 0) is 18.9 Å². The minimum atomic E-state index is -0.681. The van der Waals surface area contributed by atoms with Gasteiger partial charge in [0.25, 0.3) is 0 Å². The van der Waals surface area contributed by atoms with Gasteiger partial charge in [-0.2, -0.15) is 9.97 Å². The molecule has 0 aliphatic carbocycles. The molecule has 14 heteroatoms. The molecule has 4 atom stereocenters. The smallest absolute Gasteiger partial charge is 0.351 e. The summed E-state index contributed by atoms with van der Waals surface area (Å²) >= 11 is 0. The van der Waals surface area contributed by atoms with Crippen molar-refractivity contribution in [1.82, 2.24) is 19.1 Å². The molecule has 2 aromatic heterocycles. The van der Waals surface area contributed by atoms with Crippen molar-refractivity contribution in [3.63, 3.8) is 0 Å². The van der Waals surface area contributed by atoms with Crippen LogP contribution in [0.25, 0.3) is 0 Å². The molecule has 2 aliphatic heterocycles. The molecule has 0 bridgehead atoms. The molecule has 2 saturated heterocycles. The zero-order chi connectivity index (χ0) is 21.7. The van der Waals surface area contributed by atoms with Crippen molar-refractivity contribution in [2.24, 2.45) is 0 Å². The molecule has 6 N–H and O–H groups in total. The van der Waals surface area contributed by atoms with Crippen LogP contribution in [0, 0.1) is 0 Å². The van der Waals surface area contributed by atoms with Crippen molar-refractivity contribution in [1.29, 1.82) is 0 Å². The Balaban J connectivity index is 0.000000171. The van der Waals surface area contributed by atoms with E-state index < -0.39 is 36.4 Å². The lowest BCUT2D eigenvalue weighted by Gasteiger charge is -2.11. The Labute approximate surface area is 169 Å². The highest BCUT2D eigenvalue weighted by Crippen LogP contribution is 2.19. The van der Waals surface area contributed by atoms with Crippen molar-refractivity contribution in [3.05, 3.63) is 45.5 Å². The van der Waals surface area contributed by atoms with Gasteiger partial charge in [-0.3, -0.25) is 9.13 Å². The van der Waals surface area contributed by atoms with Gasteiger partial charge in [0.05, 0.1) is 26.4 Å². The second kappa shape index (κ2) is 9.75. The zero-order valence-electron chi connectivity index (χ0n) is 15.7. The van der Waals surface area contributed by atoms with E-state index in [9.17, 15) is 9.59 Å². The first-order valence-corrected chi connectivity index (χ1v) is 8.86. The van der Waals surface area contributed by atoms with Gasteiger partial charge in [-0.25, -0.2) is 9.59 Å². The third-order valence-electron chi connectivity index (χ3n) is 4.09. The van der Waals surface area contributed by atoms with Crippen LogP contribution >= 0.6 is 0 Å². The zero-order valence-corrected chi connectivity index (χ0v) is 15.7. The summed E-state index contributed by atoms with van der Waals surface area (Å²) in [6, 6.07) is 2.99. The van der Waals surface area contributed by atoms with Gasteiger partial charge in [0, 0.05) is 12.4 Å². The summed E-state index contributed by atoms with van der Waals surface area (Å²) in [5.74, 6) is 0.322. The molecule has 4 heterocycles. The first kappa shape index (κ1) is 21.8. The second-order valence-electron chi connectivity index (χ2n) is 6.16. The predicted molar refractivity (Wildman–Crippen MR) is 99.7 cm³/mol. The standard InChI is InChI=1S/2C8H11N3O4/c2*9-5-1-2-11(8(13)10-5)6-4-14-7(3-12)15-6/h2*1-2,6-7,12H,3-4H2,(H2,9,10,13)/t2*6-,7-/m00/s1. The number of hydrogen-bond acceptors (Lipinski definition) is 12. The molecule has 2 aromatic rings. The Hall–Kier alpha value is -2.88. The highest BCUT2D eigenvalue weighted by atomic mass is 16.7. The maximum atomic E-state index is 11.4. The minimum absolute atomic E-state index is 0.161. The quantitative estimate of drug-likeness (QED) is 0.397. The summed E-state index contributed by atoms with van der Waals surface area (Å²) < 4.78 is 23.1. The van der Waals surface area contributed by atoms with Gasteiger partial charge in [0.1, 0.15) is 11.6 Å². The number of ether oxygens (including phenoxy) is 4. The Morgan fingerprint density at radius 1 is 0.867 bits per heavy atom. The minimum Gasteiger partial charge on any atom is -0.391 e. The van der Waals surface area contributed by atoms with E-state index in [-0.39, 0.29) is 38.1 Å². The summed E-state index contributed by atoms with van der Waals surface area (Å²) in [5, 5.41) is 17.5. The van der Waals surface area contributed by atoms with Crippen molar-refractivity contribution in [3.8, 4) is 0 Å². The van der Waals surface area contributed by atoms with Gasteiger partial charge >= 0.3 is 11.4 Å². The van der Waals surface area contributed by atoms with Crippen molar-refractivity contribution < 1.29 is 29.2 Å². The number of nitrogen functional groups attached to an aromatic ring is 2. The number of aliphatic hydroxyl groups excluding tert-OH is 2. The topological polar surface area (TPSA) is 199 Å². The molecule has 4 rings (SSSR count). The molecule has 0 radical (unpaired) electrons. The molecule has 0 amide bonds. The fraction of sp³-hybridized carbons (Fsp3) is 0.500. The Bertz CT molecular complexity index is 888. The lowest BCUT2D eigenvalue weighted by atomic mass is 10.5. The fourth-order valence-electron chi connectivity index (χ4n) is 2.66. The third-order valence-corrected chi connectivity index (χ3v) is 4.09. The molecule has 164 valence electrons. The average molecular weight is 426 g/mol. The molecule has 0 unspecified atom stereocenters. The lowest BCUT2D eigenvalue weighted by Crippen LogP contribution is -2.28. The van der Waals surface area contributed by atoms with E-state index >= 15 is 0 Å². The predicted octanol–water partition coefficient (Wildman–Crippen LogP) is -2.62. The number of nitrogens with zero attached hydrogens (tertiary/aromatic N) is 4. The van der Waals surface area contributed by atoms with Gasteiger partial charge in [0.2, 0.25) is 0 Å². The van der Waals surface area contributed by atoms with Crippen LogP contribution in [0.5, 0.6) is 0 Å². The van der Waals surface area contributed by atoms with E-state index in [4.69, 9.17) is 40.6 Å². The molecular weight excluding hydrogens is 404 g/mol. The van der Waals surface area contributed by atoms with Crippen molar-refractivity contribution >= 4 is 11.6 Å². The summed E-state index contributed by atoms with van der Waals surface area (Å²) in [6.07, 6.45) is 0.501.